The Hall–Kier alpha value is -1.54. The number of carboxylic acid groups (broad SMARTS) is 1. The Morgan fingerprint density at radius 3 is 2.50 bits per heavy atom. The fourth-order valence-corrected chi connectivity index (χ4v) is 2.33. The van der Waals surface area contributed by atoms with E-state index in [1.54, 1.807) is 0 Å². The lowest BCUT2D eigenvalue weighted by Gasteiger charge is -2.13. The van der Waals surface area contributed by atoms with Crippen molar-refractivity contribution < 1.29 is 23.5 Å². The van der Waals surface area contributed by atoms with E-state index in [0.717, 1.165) is 6.07 Å². The quantitative estimate of drug-likeness (QED) is 0.728. The molecule has 0 radical (unpaired) electrons. The van der Waals surface area contributed by atoms with Crippen molar-refractivity contribution in [2.75, 3.05) is 5.32 Å². The van der Waals surface area contributed by atoms with Crippen LogP contribution in [0.3, 0.4) is 0 Å². The van der Waals surface area contributed by atoms with Gasteiger partial charge < -0.3 is 10.4 Å². The summed E-state index contributed by atoms with van der Waals surface area (Å²) in [6, 6.07) is 0.281. The van der Waals surface area contributed by atoms with Gasteiger partial charge in [-0.15, -0.1) is 0 Å². The van der Waals surface area contributed by atoms with Crippen LogP contribution in [0.5, 0.6) is 0 Å². The molecule has 0 spiro atoms. The van der Waals surface area contributed by atoms with Gasteiger partial charge in [-0.2, -0.15) is 0 Å². The molecule has 0 aliphatic carbocycles. The predicted molar refractivity (Wildman–Crippen MR) is 70.3 cm³/mol. The van der Waals surface area contributed by atoms with Crippen LogP contribution in [0.25, 0.3) is 0 Å². The second kappa shape index (κ2) is 5.84. The Morgan fingerprint density at radius 1 is 1.25 bits per heavy atom. The Labute approximate surface area is 121 Å². The summed E-state index contributed by atoms with van der Waals surface area (Å²) >= 11 is 2.90. The van der Waals surface area contributed by atoms with Crippen LogP contribution in [0.1, 0.15) is 12.8 Å². The van der Waals surface area contributed by atoms with Gasteiger partial charge in [0.15, 0.2) is 0 Å². The molecule has 0 aromatic heterocycles. The van der Waals surface area contributed by atoms with E-state index in [-0.39, 0.29) is 10.2 Å². The lowest BCUT2D eigenvalue weighted by atomic mass is 10.2. The Balaban J connectivity index is 2.06. The van der Waals surface area contributed by atoms with Crippen LogP contribution in [0.2, 0.25) is 0 Å². The summed E-state index contributed by atoms with van der Waals surface area (Å²) in [5.74, 6) is -3.25. The van der Waals surface area contributed by atoms with Gasteiger partial charge in [0.25, 0.3) is 0 Å². The van der Waals surface area contributed by atoms with Crippen molar-refractivity contribution in [3.05, 3.63) is 28.2 Å². The number of carbonyl (C=O) groups is 2. The van der Waals surface area contributed by atoms with Gasteiger partial charge in [-0.25, -0.2) is 8.78 Å². The van der Waals surface area contributed by atoms with Crippen LogP contribution in [0.4, 0.5) is 14.5 Å². The van der Waals surface area contributed by atoms with Crippen molar-refractivity contribution >= 4 is 33.5 Å². The highest BCUT2D eigenvalue weighted by atomic mass is 79.9. The predicted octanol–water partition coefficient (Wildman–Crippen LogP) is 1.87. The lowest BCUT2D eigenvalue weighted by Crippen LogP contribution is -2.42. The molecule has 1 amide bonds. The zero-order valence-corrected chi connectivity index (χ0v) is 11.7. The van der Waals surface area contributed by atoms with Crippen LogP contribution < -0.4 is 10.6 Å². The van der Waals surface area contributed by atoms with E-state index in [4.69, 9.17) is 5.11 Å². The number of carbonyl (C=O) groups excluding carboxylic acids is 1. The van der Waals surface area contributed by atoms with Gasteiger partial charge in [-0.05, 0) is 34.8 Å². The third-order valence-electron chi connectivity index (χ3n) is 3.03. The van der Waals surface area contributed by atoms with Crippen LogP contribution in [0.15, 0.2) is 16.6 Å². The maximum Gasteiger partial charge on any atom is 0.320 e. The lowest BCUT2D eigenvalue weighted by molar-refractivity contribution is -0.139. The minimum Gasteiger partial charge on any atom is -0.480 e. The second-order valence-electron chi connectivity index (χ2n) is 4.42. The second-order valence-corrected chi connectivity index (χ2v) is 5.28. The van der Waals surface area contributed by atoms with Crippen LogP contribution in [0, 0.1) is 11.6 Å². The first-order valence-corrected chi connectivity index (χ1v) is 6.62. The number of nitrogens with one attached hydrogen (secondary N) is 2. The standard InChI is InChI=1S/C12H11BrF2N2O3/c13-5-3-10(7(15)4-6(5)14)17-11(18)8-1-2-9(16-8)12(19)20/h3-4,8-9,16H,1-2H2,(H,17,18)(H,19,20)/t8-,9+/m1/s1. The van der Waals surface area contributed by atoms with Gasteiger partial charge in [0.1, 0.15) is 17.7 Å². The van der Waals surface area contributed by atoms with Crippen molar-refractivity contribution in [3.63, 3.8) is 0 Å². The van der Waals surface area contributed by atoms with Crippen LogP contribution >= 0.6 is 15.9 Å². The number of benzene rings is 1. The van der Waals surface area contributed by atoms with Crippen molar-refractivity contribution in [2.45, 2.75) is 24.9 Å². The first-order valence-electron chi connectivity index (χ1n) is 5.82. The third kappa shape index (κ3) is 3.13. The van der Waals surface area contributed by atoms with Crippen molar-refractivity contribution in [1.82, 2.24) is 5.32 Å². The van der Waals surface area contributed by atoms with Gasteiger partial charge in [-0.3, -0.25) is 14.9 Å². The molecule has 0 unspecified atom stereocenters. The van der Waals surface area contributed by atoms with E-state index in [1.807, 2.05) is 0 Å². The average molecular weight is 349 g/mol. The monoisotopic (exact) mass is 348 g/mol. The number of rotatable bonds is 3. The molecule has 20 heavy (non-hydrogen) atoms. The fraction of sp³-hybridized carbons (Fsp3) is 0.333. The molecule has 1 aliphatic rings. The zero-order valence-electron chi connectivity index (χ0n) is 10.1. The molecule has 0 bridgehead atoms. The molecule has 108 valence electrons. The van der Waals surface area contributed by atoms with Gasteiger partial charge in [0.05, 0.1) is 16.2 Å². The molecule has 1 aliphatic heterocycles. The minimum absolute atomic E-state index is 0.0250. The first kappa shape index (κ1) is 14.9. The van der Waals surface area contributed by atoms with Crippen molar-refractivity contribution in [2.24, 2.45) is 0 Å². The van der Waals surface area contributed by atoms with Gasteiger partial charge >= 0.3 is 5.97 Å². The smallest absolute Gasteiger partial charge is 0.320 e. The highest BCUT2D eigenvalue weighted by molar-refractivity contribution is 9.10. The first-order chi connectivity index (χ1) is 9.38. The van der Waals surface area contributed by atoms with Crippen molar-refractivity contribution in [3.8, 4) is 0 Å². The van der Waals surface area contributed by atoms with E-state index < -0.39 is 35.6 Å². The Morgan fingerprint density at radius 2 is 1.90 bits per heavy atom. The average Bonchev–Trinajstić information content (AvgIpc) is 2.85. The summed E-state index contributed by atoms with van der Waals surface area (Å²) in [5.41, 5.74) is -0.163. The number of hydrogen-bond donors (Lipinski definition) is 3. The molecule has 0 saturated carbocycles. The van der Waals surface area contributed by atoms with E-state index >= 15 is 0 Å². The molecule has 1 aromatic rings. The number of anilines is 1. The van der Waals surface area contributed by atoms with Crippen molar-refractivity contribution in [1.29, 1.82) is 0 Å². The molecule has 1 fully saturated rings. The highest BCUT2D eigenvalue weighted by Crippen LogP contribution is 2.24. The summed E-state index contributed by atoms with van der Waals surface area (Å²) in [6.07, 6.45) is 0.662. The van der Waals surface area contributed by atoms with Gasteiger partial charge in [0, 0.05) is 6.07 Å². The molecular weight excluding hydrogens is 338 g/mol. The molecule has 3 N–H and O–H groups in total. The molecule has 2 atom stereocenters. The van der Waals surface area contributed by atoms with E-state index in [9.17, 15) is 18.4 Å². The SMILES string of the molecule is O=C(O)[C@@H]1CC[C@H](C(=O)Nc2cc(Br)c(F)cc2F)N1. The summed E-state index contributed by atoms with van der Waals surface area (Å²) < 4.78 is 26.6. The number of carboxylic acids is 1. The Bertz CT molecular complexity index is 568. The maximum atomic E-state index is 13.5. The normalized spacial score (nSPS) is 21.8. The molecule has 1 heterocycles. The van der Waals surface area contributed by atoms with Crippen LogP contribution in [-0.2, 0) is 9.59 Å². The molecular formula is C12H11BrF2N2O3. The molecule has 2 rings (SSSR count). The maximum absolute atomic E-state index is 13.5. The molecule has 8 heteroatoms. The number of aliphatic carboxylic acids is 1. The largest absolute Gasteiger partial charge is 0.480 e. The third-order valence-corrected chi connectivity index (χ3v) is 3.64. The van der Waals surface area contributed by atoms with E-state index in [0.29, 0.717) is 18.9 Å². The molecule has 1 aromatic carbocycles. The summed E-state index contributed by atoms with van der Waals surface area (Å²) in [6.45, 7) is 0. The molecule has 5 nitrogen and oxygen atoms in total. The van der Waals surface area contributed by atoms with Crippen LogP contribution in [-0.4, -0.2) is 29.1 Å². The van der Waals surface area contributed by atoms with E-state index in [1.165, 1.54) is 0 Å². The van der Waals surface area contributed by atoms with Gasteiger partial charge in [-0.1, -0.05) is 0 Å². The van der Waals surface area contributed by atoms with E-state index in [2.05, 4.69) is 26.6 Å². The number of halogens is 3. The summed E-state index contributed by atoms with van der Waals surface area (Å²) in [4.78, 5) is 22.7. The zero-order chi connectivity index (χ0) is 14.9. The minimum atomic E-state index is -1.03. The highest BCUT2D eigenvalue weighted by Gasteiger charge is 2.33. The number of amides is 1. The summed E-state index contributed by atoms with van der Waals surface area (Å²) in [7, 11) is 0. The van der Waals surface area contributed by atoms with Gasteiger partial charge in [0.2, 0.25) is 5.91 Å². The Kier molecular flexibility index (Phi) is 4.34. The fourth-order valence-electron chi connectivity index (χ4n) is 1.98. The topological polar surface area (TPSA) is 78.4 Å². The number of hydrogen-bond acceptors (Lipinski definition) is 3. The summed E-state index contributed by atoms with van der Waals surface area (Å²) in [5, 5.41) is 13.8. The molecule has 1 saturated heterocycles.